The van der Waals surface area contributed by atoms with Crippen LogP contribution in [0.25, 0.3) is 0 Å². The van der Waals surface area contributed by atoms with Crippen molar-refractivity contribution in [3.05, 3.63) is 0 Å². The zero-order valence-electron chi connectivity index (χ0n) is 9.54. The van der Waals surface area contributed by atoms with E-state index >= 15 is 0 Å². The Kier molecular flexibility index (Phi) is 5.07. The van der Waals surface area contributed by atoms with Crippen molar-refractivity contribution in [1.82, 2.24) is 0 Å². The summed E-state index contributed by atoms with van der Waals surface area (Å²) in [7, 11) is 0. The van der Waals surface area contributed by atoms with Crippen molar-refractivity contribution in [2.24, 2.45) is 5.92 Å². The lowest BCUT2D eigenvalue weighted by atomic mass is 9.95. The quantitative estimate of drug-likeness (QED) is 0.573. The first-order valence-electron chi connectivity index (χ1n) is 5.88. The van der Waals surface area contributed by atoms with Gasteiger partial charge >= 0.3 is 0 Å². The SMILES string of the molecule is CC1CCCC(C#N)(OCCCO)CC1. The van der Waals surface area contributed by atoms with Gasteiger partial charge in [0, 0.05) is 6.61 Å². The minimum Gasteiger partial charge on any atom is -0.396 e. The molecule has 1 aliphatic rings. The third-order valence-electron chi connectivity index (χ3n) is 3.20. The summed E-state index contributed by atoms with van der Waals surface area (Å²) in [5.74, 6) is 0.710. The first kappa shape index (κ1) is 12.5. The van der Waals surface area contributed by atoms with Crippen molar-refractivity contribution in [3.63, 3.8) is 0 Å². The molecule has 3 nitrogen and oxygen atoms in total. The smallest absolute Gasteiger partial charge is 0.154 e. The van der Waals surface area contributed by atoms with Gasteiger partial charge in [-0.25, -0.2) is 0 Å². The fourth-order valence-corrected chi connectivity index (χ4v) is 2.11. The molecule has 0 spiro atoms. The maximum atomic E-state index is 9.21. The number of nitrogens with zero attached hydrogens (tertiary/aromatic N) is 1. The van der Waals surface area contributed by atoms with Crippen LogP contribution >= 0.6 is 0 Å². The Morgan fingerprint density at radius 1 is 1.47 bits per heavy atom. The Balaban J connectivity index is 2.47. The van der Waals surface area contributed by atoms with Crippen molar-refractivity contribution in [3.8, 4) is 6.07 Å². The molecule has 0 radical (unpaired) electrons. The van der Waals surface area contributed by atoms with Gasteiger partial charge in [0.1, 0.15) is 0 Å². The van der Waals surface area contributed by atoms with Crippen molar-refractivity contribution in [2.45, 2.75) is 51.0 Å². The molecule has 0 aromatic carbocycles. The van der Waals surface area contributed by atoms with Gasteiger partial charge in [0.15, 0.2) is 5.60 Å². The second kappa shape index (κ2) is 6.09. The summed E-state index contributed by atoms with van der Waals surface area (Å²) in [6.07, 6.45) is 5.67. The van der Waals surface area contributed by atoms with Gasteiger partial charge in [0.25, 0.3) is 0 Å². The molecule has 0 saturated heterocycles. The Hall–Kier alpha value is -0.590. The van der Waals surface area contributed by atoms with Gasteiger partial charge in [0.05, 0.1) is 12.7 Å². The number of ether oxygens (including phenoxy) is 1. The normalized spacial score (nSPS) is 31.9. The van der Waals surface area contributed by atoms with E-state index in [1.165, 1.54) is 6.42 Å². The van der Waals surface area contributed by atoms with E-state index in [2.05, 4.69) is 13.0 Å². The van der Waals surface area contributed by atoms with Crippen LogP contribution in [0.2, 0.25) is 0 Å². The molecule has 0 aromatic heterocycles. The number of rotatable bonds is 4. The standard InChI is InChI=1S/C12H21NO2/c1-11-4-2-6-12(10-13,7-5-11)15-9-3-8-14/h11,14H,2-9H2,1H3. The van der Waals surface area contributed by atoms with E-state index in [0.717, 1.165) is 25.7 Å². The molecule has 0 bridgehead atoms. The molecule has 1 saturated carbocycles. The Morgan fingerprint density at radius 3 is 2.93 bits per heavy atom. The Bertz CT molecular complexity index is 224. The van der Waals surface area contributed by atoms with Gasteiger partial charge < -0.3 is 9.84 Å². The number of hydrogen-bond donors (Lipinski definition) is 1. The molecule has 86 valence electrons. The van der Waals surface area contributed by atoms with Crippen LogP contribution in [-0.2, 0) is 4.74 Å². The molecular formula is C12H21NO2. The molecule has 0 heterocycles. The van der Waals surface area contributed by atoms with Crippen LogP contribution in [0.4, 0.5) is 0 Å². The van der Waals surface area contributed by atoms with Crippen molar-refractivity contribution in [1.29, 1.82) is 5.26 Å². The Labute approximate surface area is 92.0 Å². The van der Waals surface area contributed by atoms with Crippen molar-refractivity contribution in [2.75, 3.05) is 13.2 Å². The van der Waals surface area contributed by atoms with Gasteiger partial charge in [-0.05, 0) is 38.0 Å². The lowest BCUT2D eigenvalue weighted by Crippen LogP contribution is -2.30. The van der Waals surface area contributed by atoms with Gasteiger partial charge in [-0.15, -0.1) is 0 Å². The van der Waals surface area contributed by atoms with Gasteiger partial charge in [-0.1, -0.05) is 13.3 Å². The minimum atomic E-state index is -0.570. The second-order valence-corrected chi connectivity index (χ2v) is 4.57. The topological polar surface area (TPSA) is 53.2 Å². The molecule has 0 amide bonds. The molecule has 0 aliphatic heterocycles. The van der Waals surface area contributed by atoms with E-state index in [9.17, 15) is 5.26 Å². The monoisotopic (exact) mass is 211 g/mol. The molecule has 1 aliphatic carbocycles. The summed E-state index contributed by atoms with van der Waals surface area (Å²) in [4.78, 5) is 0. The minimum absolute atomic E-state index is 0.137. The van der Waals surface area contributed by atoms with E-state index in [1.807, 2.05) is 0 Å². The highest BCUT2D eigenvalue weighted by molar-refractivity contribution is 5.03. The summed E-state index contributed by atoms with van der Waals surface area (Å²) < 4.78 is 5.67. The van der Waals surface area contributed by atoms with Crippen LogP contribution in [-0.4, -0.2) is 23.9 Å². The number of aliphatic hydroxyl groups excluding tert-OH is 1. The largest absolute Gasteiger partial charge is 0.396 e. The summed E-state index contributed by atoms with van der Waals surface area (Å²) in [6, 6.07) is 2.33. The van der Waals surface area contributed by atoms with Crippen LogP contribution in [0.5, 0.6) is 0 Å². The summed E-state index contributed by atoms with van der Waals surface area (Å²) in [5, 5.41) is 17.9. The fourth-order valence-electron chi connectivity index (χ4n) is 2.11. The molecule has 1 rings (SSSR count). The first-order chi connectivity index (χ1) is 7.22. The average molecular weight is 211 g/mol. The molecule has 1 N–H and O–H groups in total. The van der Waals surface area contributed by atoms with Crippen LogP contribution in [0.3, 0.4) is 0 Å². The van der Waals surface area contributed by atoms with Crippen LogP contribution in [0, 0.1) is 17.2 Å². The second-order valence-electron chi connectivity index (χ2n) is 4.57. The maximum absolute atomic E-state index is 9.21. The van der Waals surface area contributed by atoms with Crippen LogP contribution in [0.1, 0.15) is 45.4 Å². The lowest BCUT2D eigenvalue weighted by molar-refractivity contribution is -0.0189. The van der Waals surface area contributed by atoms with Crippen LogP contribution < -0.4 is 0 Å². The van der Waals surface area contributed by atoms with Crippen molar-refractivity contribution >= 4 is 0 Å². The van der Waals surface area contributed by atoms with Crippen LogP contribution in [0.15, 0.2) is 0 Å². The van der Waals surface area contributed by atoms with Gasteiger partial charge in [-0.2, -0.15) is 5.26 Å². The molecule has 2 unspecified atom stereocenters. The molecule has 0 aromatic rings. The molecule has 2 atom stereocenters. The predicted octanol–water partition coefficient (Wildman–Crippen LogP) is 2.25. The highest BCUT2D eigenvalue weighted by Gasteiger charge is 2.33. The number of hydrogen-bond acceptors (Lipinski definition) is 3. The fraction of sp³-hybridized carbons (Fsp3) is 0.917. The molecule has 15 heavy (non-hydrogen) atoms. The summed E-state index contributed by atoms with van der Waals surface area (Å²) in [6.45, 7) is 2.87. The predicted molar refractivity (Wildman–Crippen MR) is 58.2 cm³/mol. The van der Waals surface area contributed by atoms with Gasteiger partial charge in [0.2, 0.25) is 0 Å². The highest BCUT2D eigenvalue weighted by Crippen LogP contribution is 2.32. The van der Waals surface area contributed by atoms with E-state index in [4.69, 9.17) is 9.84 Å². The highest BCUT2D eigenvalue weighted by atomic mass is 16.5. The van der Waals surface area contributed by atoms with E-state index in [0.29, 0.717) is 18.9 Å². The van der Waals surface area contributed by atoms with Gasteiger partial charge in [-0.3, -0.25) is 0 Å². The maximum Gasteiger partial charge on any atom is 0.154 e. The average Bonchev–Trinajstić information content (AvgIpc) is 2.42. The lowest BCUT2D eigenvalue weighted by Gasteiger charge is -2.25. The molecule has 3 heteroatoms. The first-order valence-corrected chi connectivity index (χ1v) is 5.88. The number of nitriles is 1. The third kappa shape index (κ3) is 3.81. The molecular weight excluding hydrogens is 190 g/mol. The Morgan fingerprint density at radius 2 is 2.27 bits per heavy atom. The van der Waals surface area contributed by atoms with Crippen molar-refractivity contribution < 1.29 is 9.84 Å². The number of aliphatic hydroxyl groups is 1. The molecule has 1 fully saturated rings. The van der Waals surface area contributed by atoms with E-state index in [1.54, 1.807) is 0 Å². The zero-order chi connectivity index (χ0) is 11.1. The third-order valence-corrected chi connectivity index (χ3v) is 3.20. The summed E-state index contributed by atoms with van der Waals surface area (Å²) >= 11 is 0. The zero-order valence-corrected chi connectivity index (χ0v) is 9.54. The summed E-state index contributed by atoms with van der Waals surface area (Å²) in [5.41, 5.74) is -0.570. The van der Waals surface area contributed by atoms with E-state index < -0.39 is 5.60 Å². The van der Waals surface area contributed by atoms with E-state index in [-0.39, 0.29) is 6.61 Å².